The van der Waals surface area contributed by atoms with Gasteiger partial charge in [-0.2, -0.15) is 13.2 Å². The molecule has 2 aliphatic heterocycles. The van der Waals surface area contributed by atoms with Crippen molar-refractivity contribution < 1.29 is 17.9 Å². The summed E-state index contributed by atoms with van der Waals surface area (Å²) >= 11 is 0. The first-order valence-electron chi connectivity index (χ1n) is 6.33. The molecule has 4 nitrogen and oxygen atoms in total. The molecule has 7 heteroatoms. The summed E-state index contributed by atoms with van der Waals surface area (Å²) < 4.78 is 44.8. The van der Waals surface area contributed by atoms with Crippen molar-refractivity contribution >= 4 is 11.5 Å². The predicted molar refractivity (Wildman–Crippen MR) is 69.4 cm³/mol. The molecule has 0 fully saturated rings. The number of halogens is 3. The van der Waals surface area contributed by atoms with E-state index in [4.69, 9.17) is 4.74 Å². The maximum atomic E-state index is 13.1. The van der Waals surface area contributed by atoms with Crippen LogP contribution in [0.5, 0.6) is 5.75 Å². The Balaban J connectivity index is 2.00. The molecule has 0 spiro atoms. The lowest BCUT2D eigenvalue weighted by molar-refractivity contribution is -0.139. The fraction of sp³-hybridized carbons (Fsp3) is 0.462. The molecule has 0 bridgehead atoms. The van der Waals surface area contributed by atoms with E-state index in [0.29, 0.717) is 31.2 Å². The number of ether oxygens (including phenoxy) is 1. The number of alkyl halides is 3. The zero-order chi connectivity index (χ0) is 14.3. The number of nitrogens with one attached hydrogen (secondary N) is 1. The number of hydrogen-bond acceptors (Lipinski definition) is 4. The molecule has 0 saturated carbocycles. The summed E-state index contributed by atoms with van der Waals surface area (Å²) in [5.41, 5.74) is -0.292. The molecule has 108 valence electrons. The highest BCUT2D eigenvalue weighted by Gasteiger charge is 2.39. The second-order valence-electron chi connectivity index (χ2n) is 4.83. The molecule has 3 rings (SSSR count). The van der Waals surface area contributed by atoms with Crippen molar-refractivity contribution in [1.82, 2.24) is 5.32 Å². The summed E-state index contributed by atoms with van der Waals surface area (Å²) in [7, 11) is 1.75. The molecule has 1 aromatic rings. The lowest BCUT2D eigenvalue weighted by Crippen LogP contribution is -2.47. The van der Waals surface area contributed by atoms with E-state index in [1.807, 2.05) is 0 Å². The first-order valence-corrected chi connectivity index (χ1v) is 6.33. The van der Waals surface area contributed by atoms with E-state index in [9.17, 15) is 13.2 Å². The highest BCUT2D eigenvalue weighted by atomic mass is 19.4. The van der Waals surface area contributed by atoms with Gasteiger partial charge in [-0.3, -0.25) is 4.99 Å². The Kier molecular flexibility index (Phi) is 2.99. The Morgan fingerprint density at radius 1 is 1.40 bits per heavy atom. The smallest absolute Gasteiger partial charge is 0.420 e. The Morgan fingerprint density at radius 2 is 2.20 bits per heavy atom. The molecule has 20 heavy (non-hydrogen) atoms. The summed E-state index contributed by atoms with van der Waals surface area (Å²) in [4.78, 5) is 6.00. The summed E-state index contributed by atoms with van der Waals surface area (Å²) in [5, 5.41) is 3.05. The molecular weight excluding hydrogens is 271 g/mol. The predicted octanol–water partition coefficient (Wildman–Crippen LogP) is 1.90. The molecule has 1 atom stereocenters. The highest BCUT2D eigenvalue weighted by Crippen LogP contribution is 2.43. The van der Waals surface area contributed by atoms with Crippen molar-refractivity contribution in [2.24, 2.45) is 4.99 Å². The van der Waals surface area contributed by atoms with Gasteiger partial charge >= 0.3 is 6.18 Å². The molecule has 0 radical (unpaired) electrons. The quantitative estimate of drug-likeness (QED) is 0.856. The molecule has 0 saturated heterocycles. The second kappa shape index (κ2) is 4.57. The van der Waals surface area contributed by atoms with Crippen LogP contribution < -0.4 is 15.0 Å². The molecule has 2 aliphatic rings. The van der Waals surface area contributed by atoms with Crippen LogP contribution in [0.3, 0.4) is 0 Å². The van der Waals surface area contributed by atoms with Crippen molar-refractivity contribution in [3.8, 4) is 5.75 Å². The zero-order valence-electron chi connectivity index (χ0n) is 10.9. The number of likely N-dealkylation sites (N-methyl/N-ethyl adjacent to an activating group) is 1. The molecule has 1 unspecified atom stereocenters. The standard InChI is InChI=1S/C13H14F3N3O/c1-19-7-10(12-17-5-6-18-12)20-11-8(13(14,15)16)3-2-4-9(11)19/h2-4,10H,5-7H2,1H3,(H,17,18). The SMILES string of the molecule is CN1CC(C2=NCCN2)Oc2c1cccc2C(F)(F)F. The van der Waals surface area contributed by atoms with Crippen LogP contribution in [0.25, 0.3) is 0 Å². The number of aliphatic imine (C=N–C) groups is 1. The van der Waals surface area contributed by atoms with Gasteiger partial charge in [0.25, 0.3) is 0 Å². The van der Waals surface area contributed by atoms with E-state index in [-0.39, 0.29) is 5.75 Å². The van der Waals surface area contributed by atoms with Crippen LogP contribution in [0, 0.1) is 0 Å². The third-order valence-electron chi connectivity index (χ3n) is 3.42. The number of fused-ring (bicyclic) bond motifs is 1. The molecule has 0 aromatic heterocycles. The van der Waals surface area contributed by atoms with Crippen LogP contribution in [-0.2, 0) is 6.18 Å². The van der Waals surface area contributed by atoms with E-state index >= 15 is 0 Å². The van der Waals surface area contributed by atoms with Crippen LogP contribution in [0.15, 0.2) is 23.2 Å². The maximum absolute atomic E-state index is 13.1. The van der Waals surface area contributed by atoms with Crippen molar-refractivity contribution in [2.45, 2.75) is 12.3 Å². The van der Waals surface area contributed by atoms with E-state index in [1.54, 1.807) is 18.0 Å². The number of amidine groups is 1. The van der Waals surface area contributed by atoms with Crippen LogP contribution in [0.4, 0.5) is 18.9 Å². The zero-order valence-corrected chi connectivity index (χ0v) is 10.9. The number of anilines is 1. The van der Waals surface area contributed by atoms with E-state index in [0.717, 1.165) is 6.07 Å². The van der Waals surface area contributed by atoms with E-state index < -0.39 is 17.8 Å². The van der Waals surface area contributed by atoms with Gasteiger partial charge in [0.1, 0.15) is 5.84 Å². The van der Waals surface area contributed by atoms with Gasteiger partial charge in [-0.15, -0.1) is 0 Å². The fourth-order valence-electron chi connectivity index (χ4n) is 2.47. The highest BCUT2D eigenvalue weighted by molar-refractivity contribution is 5.89. The van der Waals surface area contributed by atoms with Gasteiger partial charge in [-0.05, 0) is 12.1 Å². The largest absolute Gasteiger partial charge is 0.478 e. The Morgan fingerprint density at radius 3 is 2.85 bits per heavy atom. The number of para-hydroxylation sites is 1. The second-order valence-corrected chi connectivity index (χ2v) is 4.83. The number of hydrogen-bond donors (Lipinski definition) is 1. The average Bonchev–Trinajstić information content (AvgIpc) is 2.90. The third-order valence-corrected chi connectivity index (χ3v) is 3.42. The van der Waals surface area contributed by atoms with E-state index in [1.165, 1.54) is 6.07 Å². The molecule has 0 aliphatic carbocycles. The lowest BCUT2D eigenvalue weighted by Gasteiger charge is -2.35. The van der Waals surface area contributed by atoms with Gasteiger partial charge in [-0.1, -0.05) is 6.07 Å². The number of nitrogens with zero attached hydrogens (tertiary/aromatic N) is 2. The van der Waals surface area contributed by atoms with Crippen molar-refractivity contribution in [1.29, 1.82) is 0 Å². The van der Waals surface area contributed by atoms with E-state index in [2.05, 4.69) is 10.3 Å². The van der Waals surface area contributed by atoms with Gasteiger partial charge < -0.3 is 15.0 Å². The molecule has 1 N–H and O–H groups in total. The van der Waals surface area contributed by atoms with Crippen LogP contribution in [0.2, 0.25) is 0 Å². The number of rotatable bonds is 1. The van der Waals surface area contributed by atoms with Crippen LogP contribution in [-0.4, -0.2) is 38.6 Å². The topological polar surface area (TPSA) is 36.9 Å². The van der Waals surface area contributed by atoms with Gasteiger partial charge in [-0.25, -0.2) is 0 Å². The minimum absolute atomic E-state index is 0.116. The summed E-state index contributed by atoms with van der Waals surface area (Å²) in [6.07, 6.45) is -4.92. The normalized spacial score (nSPS) is 21.9. The summed E-state index contributed by atoms with van der Waals surface area (Å²) in [6.45, 7) is 1.81. The first kappa shape index (κ1) is 13.1. The fourth-order valence-corrected chi connectivity index (χ4v) is 2.47. The molecule has 1 aromatic carbocycles. The van der Waals surface area contributed by atoms with Crippen LogP contribution in [0.1, 0.15) is 5.56 Å². The lowest BCUT2D eigenvalue weighted by atomic mass is 10.1. The van der Waals surface area contributed by atoms with Crippen molar-refractivity contribution in [2.75, 3.05) is 31.6 Å². The molecular formula is C13H14F3N3O. The Bertz CT molecular complexity index is 556. The van der Waals surface area contributed by atoms with Crippen molar-refractivity contribution in [3.05, 3.63) is 23.8 Å². The van der Waals surface area contributed by atoms with Gasteiger partial charge in [0, 0.05) is 13.6 Å². The monoisotopic (exact) mass is 285 g/mol. The van der Waals surface area contributed by atoms with Crippen molar-refractivity contribution in [3.63, 3.8) is 0 Å². The van der Waals surface area contributed by atoms with Crippen LogP contribution >= 0.6 is 0 Å². The molecule has 2 heterocycles. The Labute approximate surface area is 114 Å². The number of benzene rings is 1. The third kappa shape index (κ3) is 2.17. The average molecular weight is 285 g/mol. The van der Waals surface area contributed by atoms with Gasteiger partial charge in [0.05, 0.1) is 24.3 Å². The minimum Gasteiger partial charge on any atom is -0.478 e. The van der Waals surface area contributed by atoms with Gasteiger partial charge in [0.15, 0.2) is 11.9 Å². The Hall–Kier alpha value is -1.92. The molecule has 0 amide bonds. The summed E-state index contributed by atoms with van der Waals surface area (Å²) in [5.74, 6) is 0.509. The first-order chi connectivity index (χ1) is 9.47. The van der Waals surface area contributed by atoms with Gasteiger partial charge in [0.2, 0.25) is 0 Å². The summed E-state index contributed by atoms with van der Waals surface area (Å²) in [6, 6.07) is 4.07. The minimum atomic E-state index is -4.43. The maximum Gasteiger partial charge on any atom is 0.420 e.